The Kier molecular flexibility index (Phi) is 3.83. The van der Waals surface area contributed by atoms with E-state index in [1.807, 2.05) is 6.92 Å². The first-order valence-electron chi connectivity index (χ1n) is 6.28. The zero-order chi connectivity index (χ0) is 14.0. The van der Waals surface area contributed by atoms with Gasteiger partial charge in [-0.25, -0.2) is 4.39 Å². The van der Waals surface area contributed by atoms with Crippen LogP contribution in [0.3, 0.4) is 0 Å². The van der Waals surface area contributed by atoms with Crippen molar-refractivity contribution in [3.05, 3.63) is 30.1 Å². The molecule has 4 nitrogen and oxygen atoms in total. The number of likely N-dealkylation sites (N-methyl/N-ethyl adjacent to an activating group) is 1. The maximum Gasteiger partial charge on any atom is 0.243 e. The van der Waals surface area contributed by atoms with Crippen LogP contribution < -0.4 is 5.32 Å². The maximum absolute atomic E-state index is 12.9. The maximum atomic E-state index is 12.9. The van der Waals surface area contributed by atoms with Crippen molar-refractivity contribution in [2.45, 2.75) is 13.3 Å². The second-order valence-corrected chi connectivity index (χ2v) is 5.07. The fourth-order valence-corrected chi connectivity index (χ4v) is 2.01. The molecule has 0 aromatic heterocycles. The van der Waals surface area contributed by atoms with E-state index < -0.39 is 5.82 Å². The molecule has 1 aliphatic carbocycles. The standard InChI is InChI=1S/C14H17FN2O2/c1-9-6-12(9)14(19)17(2)8-13(18)16-11-5-3-4-10(15)7-11/h3-5,7,9,12H,6,8H2,1-2H3,(H,16,18)/t9-,12+/m0/s1. The topological polar surface area (TPSA) is 49.4 Å². The zero-order valence-corrected chi connectivity index (χ0v) is 11.0. The molecule has 0 unspecified atom stereocenters. The van der Waals surface area contributed by atoms with E-state index in [9.17, 15) is 14.0 Å². The molecule has 2 atom stereocenters. The Morgan fingerprint density at radius 1 is 1.47 bits per heavy atom. The predicted molar refractivity (Wildman–Crippen MR) is 69.9 cm³/mol. The fourth-order valence-electron chi connectivity index (χ4n) is 2.01. The molecular weight excluding hydrogens is 247 g/mol. The van der Waals surface area contributed by atoms with Gasteiger partial charge >= 0.3 is 0 Å². The smallest absolute Gasteiger partial charge is 0.243 e. The average Bonchev–Trinajstić information content (AvgIpc) is 3.05. The van der Waals surface area contributed by atoms with Gasteiger partial charge in [-0.2, -0.15) is 0 Å². The van der Waals surface area contributed by atoms with Gasteiger partial charge in [0, 0.05) is 18.7 Å². The summed E-state index contributed by atoms with van der Waals surface area (Å²) in [6, 6.07) is 5.67. The number of rotatable bonds is 4. The number of carbonyl (C=O) groups is 2. The number of hydrogen-bond donors (Lipinski definition) is 1. The zero-order valence-electron chi connectivity index (χ0n) is 11.0. The predicted octanol–water partition coefficient (Wildman–Crippen LogP) is 1.88. The molecule has 0 heterocycles. The highest BCUT2D eigenvalue weighted by Crippen LogP contribution is 2.38. The molecule has 5 heteroatoms. The Labute approximate surface area is 111 Å². The van der Waals surface area contributed by atoms with Crippen LogP contribution in [-0.4, -0.2) is 30.3 Å². The van der Waals surface area contributed by atoms with Crippen molar-refractivity contribution >= 4 is 17.5 Å². The Morgan fingerprint density at radius 2 is 2.16 bits per heavy atom. The molecule has 2 amide bonds. The van der Waals surface area contributed by atoms with Crippen molar-refractivity contribution < 1.29 is 14.0 Å². The Morgan fingerprint density at radius 3 is 2.74 bits per heavy atom. The molecule has 2 rings (SSSR count). The van der Waals surface area contributed by atoms with Crippen LogP contribution >= 0.6 is 0 Å². The largest absolute Gasteiger partial charge is 0.336 e. The summed E-state index contributed by atoms with van der Waals surface area (Å²) in [7, 11) is 1.61. The highest BCUT2D eigenvalue weighted by Gasteiger charge is 2.40. The van der Waals surface area contributed by atoms with E-state index in [1.54, 1.807) is 13.1 Å². The van der Waals surface area contributed by atoms with Gasteiger partial charge in [-0.1, -0.05) is 13.0 Å². The second kappa shape index (κ2) is 5.38. The minimum Gasteiger partial charge on any atom is -0.336 e. The second-order valence-electron chi connectivity index (χ2n) is 5.07. The quantitative estimate of drug-likeness (QED) is 0.902. The third-order valence-electron chi connectivity index (χ3n) is 3.29. The molecule has 1 aromatic carbocycles. The number of amides is 2. The molecular formula is C14H17FN2O2. The molecule has 1 N–H and O–H groups in total. The van der Waals surface area contributed by atoms with Crippen LogP contribution in [0, 0.1) is 17.7 Å². The third-order valence-corrected chi connectivity index (χ3v) is 3.29. The number of anilines is 1. The van der Waals surface area contributed by atoms with Gasteiger partial charge in [0.2, 0.25) is 11.8 Å². The van der Waals surface area contributed by atoms with E-state index in [4.69, 9.17) is 0 Å². The van der Waals surface area contributed by atoms with Gasteiger partial charge in [-0.3, -0.25) is 9.59 Å². The van der Waals surface area contributed by atoms with Gasteiger partial charge in [-0.05, 0) is 30.5 Å². The molecule has 0 spiro atoms. The normalized spacial score (nSPS) is 20.8. The average molecular weight is 264 g/mol. The van der Waals surface area contributed by atoms with Crippen LogP contribution in [0.4, 0.5) is 10.1 Å². The monoisotopic (exact) mass is 264 g/mol. The summed E-state index contributed by atoms with van der Waals surface area (Å²) in [4.78, 5) is 25.0. The number of nitrogens with one attached hydrogen (secondary N) is 1. The first-order valence-corrected chi connectivity index (χ1v) is 6.28. The van der Waals surface area contributed by atoms with Crippen molar-refractivity contribution in [3.63, 3.8) is 0 Å². The lowest BCUT2D eigenvalue weighted by atomic mass is 10.3. The van der Waals surface area contributed by atoms with E-state index in [-0.39, 0.29) is 24.3 Å². The third kappa shape index (κ3) is 3.53. The summed E-state index contributed by atoms with van der Waals surface area (Å²) >= 11 is 0. The molecule has 1 aromatic rings. The number of carbonyl (C=O) groups excluding carboxylic acids is 2. The summed E-state index contributed by atoms with van der Waals surface area (Å²) in [5.74, 6) is -0.251. The molecule has 0 saturated heterocycles. The lowest BCUT2D eigenvalue weighted by Crippen LogP contribution is -2.36. The van der Waals surface area contributed by atoms with Crippen molar-refractivity contribution in [3.8, 4) is 0 Å². The minimum atomic E-state index is -0.408. The molecule has 0 bridgehead atoms. The Hall–Kier alpha value is -1.91. The van der Waals surface area contributed by atoms with Gasteiger partial charge in [0.05, 0.1) is 6.54 Å². The van der Waals surface area contributed by atoms with Crippen molar-refractivity contribution in [1.29, 1.82) is 0 Å². The van der Waals surface area contributed by atoms with E-state index >= 15 is 0 Å². The minimum absolute atomic E-state index is 0.00175. The van der Waals surface area contributed by atoms with Crippen LogP contribution in [0.25, 0.3) is 0 Å². The summed E-state index contributed by atoms with van der Waals surface area (Å²) in [6.07, 6.45) is 0.898. The van der Waals surface area contributed by atoms with Crippen LogP contribution in [0.5, 0.6) is 0 Å². The van der Waals surface area contributed by atoms with Gasteiger partial charge < -0.3 is 10.2 Å². The van der Waals surface area contributed by atoms with Crippen LogP contribution in [0.1, 0.15) is 13.3 Å². The lowest BCUT2D eigenvalue weighted by Gasteiger charge is -2.16. The van der Waals surface area contributed by atoms with Crippen LogP contribution in [0.15, 0.2) is 24.3 Å². The van der Waals surface area contributed by atoms with Gasteiger partial charge in [-0.15, -0.1) is 0 Å². The molecule has 19 heavy (non-hydrogen) atoms. The number of benzene rings is 1. The number of hydrogen-bond acceptors (Lipinski definition) is 2. The molecule has 1 aliphatic rings. The highest BCUT2D eigenvalue weighted by atomic mass is 19.1. The van der Waals surface area contributed by atoms with E-state index in [0.29, 0.717) is 11.6 Å². The summed E-state index contributed by atoms with van der Waals surface area (Å²) in [5.41, 5.74) is 0.394. The Bertz CT molecular complexity index is 504. The van der Waals surface area contributed by atoms with E-state index in [1.165, 1.54) is 23.1 Å². The number of halogens is 1. The lowest BCUT2D eigenvalue weighted by molar-refractivity contribution is -0.134. The highest BCUT2D eigenvalue weighted by molar-refractivity contribution is 5.95. The molecule has 0 radical (unpaired) electrons. The summed E-state index contributed by atoms with van der Waals surface area (Å²) in [6.45, 7) is 2.00. The Balaban J connectivity index is 1.85. The van der Waals surface area contributed by atoms with Gasteiger partial charge in [0.25, 0.3) is 0 Å². The first kappa shape index (κ1) is 13.5. The summed E-state index contributed by atoms with van der Waals surface area (Å²) in [5, 5.41) is 2.57. The fraction of sp³-hybridized carbons (Fsp3) is 0.429. The van der Waals surface area contributed by atoms with Gasteiger partial charge in [0.15, 0.2) is 0 Å². The SMILES string of the molecule is C[C@H]1C[C@H]1C(=O)N(C)CC(=O)Nc1cccc(F)c1. The van der Waals surface area contributed by atoms with E-state index in [0.717, 1.165) is 6.42 Å². The van der Waals surface area contributed by atoms with E-state index in [2.05, 4.69) is 5.32 Å². The van der Waals surface area contributed by atoms with Gasteiger partial charge in [0.1, 0.15) is 5.82 Å². The first-order chi connectivity index (χ1) is 8.97. The molecule has 0 aliphatic heterocycles. The van der Waals surface area contributed by atoms with Crippen molar-refractivity contribution in [1.82, 2.24) is 4.90 Å². The summed E-state index contributed by atoms with van der Waals surface area (Å²) < 4.78 is 12.9. The number of nitrogens with zero attached hydrogens (tertiary/aromatic N) is 1. The molecule has 102 valence electrons. The van der Waals surface area contributed by atoms with Crippen molar-refractivity contribution in [2.75, 3.05) is 18.9 Å². The molecule has 1 saturated carbocycles. The van der Waals surface area contributed by atoms with Crippen LogP contribution in [0.2, 0.25) is 0 Å². The van der Waals surface area contributed by atoms with Crippen LogP contribution in [-0.2, 0) is 9.59 Å². The van der Waals surface area contributed by atoms with Crippen molar-refractivity contribution in [2.24, 2.45) is 11.8 Å². The molecule has 1 fully saturated rings.